The van der Waals surface area contributed by atoms with Gasteiger partial charge in [0, 0.05) is 31.1 Å². The SMILES string of the molecule is CC(C)(C)NC(=O)C1C[C@@H]2CCCC[C@@H]2CN1CC(O)C(Cc1ccccc1)NC(=O)[C@@H](NC(=O)c1ccccn1)C(C)(C)S(C)(=O)=O. The Balaban J connectivity index is 1.63. The summed E-state index contributed by atoms with van der Waals surface area (Å²) in [5.41, 5.74) is 0.466. The number of aliphatic hydroxyl groups excluding tert-OH is 1. The highest BCUT2D eigenvalue weighted by Crippen LogP contribution is 2.39. The lowest BCUT2D eigenvalue weighted by atomic mass is 9.72. The number of fused-ring (bicyclic) bond motifs is 1. The Morgan fingerprint density at radius 2 is 1.60 bits per heavy atom. The number of pyridine rings is 1. The molecular weight excluding hydrogens is 630 g/mol. The number of piperidine rings is 1. The van der Waals surface area contributed by atoms with Gasteiger partial charge in [0.25, 0.3) is 5.91 Å². The summed E-state index contributed by atoms with van der Waals surface area (Å²) in [6, 6.07) is 11.3. The molecule has 6 atom stereocenters. The van der Waals surface area contributed by atoms with Crippen molar-refractivity contribution < 1.29 is 27.9 Å². The van der Waals surface area contributed by atoms with Crippen LogP contribution in [0.3, 0.4) is 0 Å². The summed E-state index contributed by atoms with van der Waals surface area (Å²) < 4.78 is 24.2. The Labute approximate surface area is 285 Å². The molecule has 12 heteroatoms. The van der Waals surface area contributed by atoms with Gasteiger partial charge in [-0.1, -0.05) is 55.7 Å². The summed E-state index contributed by atoms with van der Waals surface area (Å²) in [4.78, 5) is 47.0. The maximum atomic E-state index is 14.1. The molecule has 4 N–H and O–H groups in total. The van der Waals surface area contributed by atoms with E-state index in [2.05, 4.69) is 25.8 Å². The summed E-state index contributed by atoms with van der Waals surface area (Å²) in [7, 11) is -3.87. The van der Waals surface area contributed by atoms with E-state index in [1.54, 1.807) is 12.1 Å². The Hall–Kier alpha value is -3.35. The van der Waals surface area contributed by atoms with E-state index in [1.165, 1.54) is 26.1 Å². The van der Waals surface area contributed by atoms with Gasteiger partial charge in [0.15, 0.2) is 9.84 Å². The number of hydrogen-bond acceptors (Lipinski definition) is 8. The van der Waals surface area contributed by atoms with Gasteiger partial charge in [-0.3, -0.25) is 24.3 Å². The van der Waals surface area contributed by atoms with Crippen LogP contribution in [0.2, 0.25) is 0 Å². The molecule has 1 saturated carbocycles. The monoisotopic (exact) mass is 683 g/mol. The predicted molar refractivity (Wildman–Crippen MR) is 186 cm³/mol. The highest BCUT2D eigenvalue weighted by molar-refractivity contribution is 7.92. The van der Waals surface area contributed by atoms with Gasteiger partial charge in [0.05, 0.1) is 22.9 Å². The molecule has 0 radical (unpaired) electrons. The van der Waals surface area contributed by atoms with E-state index in [9.17, 15) is 27.9 Å². The number of carbonyl (C=O) groups is 3. The first-order valence-electron chi connectivity index (χ1n) is 17.0. The second kappa shape index (κ2) is 15.5. The second-order valence-corrected chi connectivity index (χ2v) is 17.7. The van der Waals surface area contributed by atoms with Gasteiger partial charge in [-0.15, -0.1) is 0 Å². The van der Waals surface area contributed by atoms with Crippen molar-refractivity contribution in [3.05, 3.63) is 66.0 Å². The molecule has 3 unspecified atom stereocenters. The zero-order valence-electron chi connectivity index (χ0n) is 29.1. The van der Waals surface area contributed by atoms with Crippen molar-refractivity contribution in [3.63, 3.8) is 0 Å². The van der Waals surface area contributed by atoms with Crippen LogP contribution in [0.4, 0.5) is 0 Å². The highest BCUT2D eigenvalue weighted by atomic mass is 32.2. The lowest BCUT2D eigenvalue weighted by molar-refractivity contribution is -0.133. The lowest BCUT2D eigenvalue weighted by Crippen LogP contribution is -2.64. The van der Waals surface area contributed by atoms with E-state index in [0.717, 1.165) is 37.5 Å². The molecule has 0 spiro atoms. The minimum absolute atomic E-state index is 0.0335. The van der Waals surface area contributed by atoms with Gasteiger partial charge in [-0.05, 0) is 83.4 Å². The molecule has 1 aromatic heterocycles. The van der Waals surface area contributed by atoms with Crippen molar-refractivity contribution in [1.29, 1.82) is 0 Å². The Bertz CT molecular complexity index is 1510. The molecule has 11 nitrogen and oxygen atoms in total. The van der Waals surface area contributed by atoms with Crippen molar-refractivity contribution in [1.82, 2.24) is 25.8 Å². The quantitative estimate of drug-likeness (QED) is 0.266. The van der Waals surface area contributed by atoms with E-state index >= 15 is 0 Å². The molecule has 48 heavy (non-hydrogen) atoms. The van der Waals surface area contributed by atoms with Crippen molar-refractivity contribution in [2.45, 2.75) is 108 Å². The second-order valence-electron chi connectivity index (χ2n) is 15.1. The maximum absolute atomic E-state index is 14.1. The number of rotatable bonds is 12. The third-order valence-electron chi connectivity index (χ3n) is 9.90. The van der Waals surface area contributed by atoms with Crippen LogP contribution in [-0.2, 0) is 25.8 Å². The van der Waals surface area contributed by atoms with Gasteiger partial charge in [0.1, 0.15) is 11.7 Å². The number of nitrogens with one attached hydrogen (secondary N) is 3. The number of β-amino-alcohol motifs (C(OH)–C–C–N with tert-alkyl or cyclic N) is 1. The summed E-state index contributed by atoms with van der Waals surface area (Å²) in [6.07, 6.45) is 6.76. The van der Waals surface area contributed by atoms with Crippen LogP contribution in [0.25, 0.3) is 0 Å². The van der Waals surface area contributed by atoms with Crippen molar-refractivity contribution in [3.8, 4) is 0 Å². The number of nitrogens with zero attached hydrogens (tertiary/aromatic N) is 2. The first-order valence-corrected chi connectivity index (χ1v) is 18.9. The van der Waals surface area contributed by atoms with Crippen LogP contribution < -0.4 is 16.0 Å². The van der Waals surface area contributed by atoms with Crippen LogP contribution in [0, 0.1) is 11.8 Å². The number of aliphatic hydroxyl groups is 1. The van der Waals surface area contributed by atoms with Crippen LogP contribution >= 0.6 is 0 Å². The van der Waals surface area contributed by atoms with Gasteiger partial charge in [-0.25, -0.2) is 8.42 Å². The van der Waals surface area contributed by atoms with E-state index < -0.39 is 56.2 Å². The zero-order chi connectivity index (χ0) is 35.3. The fourth-order valence-corrected chi connectivity index (χ4v) is 7.48. The molecule has 1 aliphatic heterocycles. The predicted octanol–water partition coefficient (Wildman–Crippen LogP) is 2.89. The van der Waals surface area contributed by atoms with Crippen molar-refractivity contribution >= 4 is 27.6 Å². The molecule has 1 aliphatic carbocycles. The van der Waals surface area contributed by atoms with Gasteiger partial charge in [-0.2, -0.15) is 0 Å². The molecule has 1 aromatic carbocycles. The molecular formula is C36H53N5O6S. The summed E-state index contributed by atoms with van der Waals surface area (Å²) in [5, 5.41) is 20.6. The molecule has 0 bridgehead atoms. The van der Waals surface area contributed by atoms with Crippen LogP contribution in [-0.4, -0.2) is 95.0 Å². The molecule has 1 saturated heterocycles. The molecule has 264 valence electrons. The van der Waals surface area contributed by atoms with Gasteiger partial charge in [0.2, 0.25) is 11.8 Å². The Morgan fingerprint density at radius 1 is 0.958 bits per heavy atom. The topological polar surface area (TPSA) is 158 Å². The molecule has 2 heterocycles. The smallest absolute Gasteiger partial charge is 0.270 e. The fourth-order valence-electron chi connectivity index (χ4n) is 6.88. The number of hydrogen-bond donors (Lipinski definition) is 4. The summed E-state index contributed by atoms with van der Waals surface area (Å²) in [5.74, 6) is -0.647. The number of sulfone groups is 1. The van der Waals surface area contributed by atoms with Crippen LogP contribution in [0.15, 0.2) is 54.7 Å². The molecule has 2 aliphatic rings. The number of carbonyl (C=O) groups excluding carboxylic acids is 3. The maximum Gasteiger partial charge on any atom is 0.270 e. The molecule has 3 amide bonds. The van der Waals surface area contributed by atoms with Crippen molar-refractivity contribution in [2.24, 2.45) is 11.8 Å². The minimum atomic E-state index is -3.87. The molecule has 2 aromatic rings. The Kier molecular flexibility index (Phi) is 12.1. The minimum Gasteiger partial charge on any atom is -0.390 e. The average molecular weight is 684 g/mol. The van der Waals surface area contributed by atoms with E-state index in [0.29, 0.717) is 24.8 Å². The van der Waals surface area contributed by atoms with E-state index in [-0.39, 0.29) is 24.6 Å². The molecule has 4 rings (SSSR count). The van der Waals surface area contributed by atoms with Crippen molar-refractivity contribution in [2.75, 3.05) is 19.3 Å². The zero-order valence-corrected chi connectivity index (χ0v) is 29.9. The van der Waals surface area contributed by atoms with Crippen LogP contribution in [0.1, 0.15) is 82.8 Å². The third kappa shape index (κ3) is 9.63. The largest absolute Gasteiger partial charge is 0.390 e. The molecule has 2 fully saturated rings. The summed E-state index contributed by atoms with van der Waals surface area (Å²) in [6.45, 7) is 9.42. The fraction of sp³-hybridized carbons (Fsp3) is 0.611. The van der Waals surface area contributed by atoms with E-state index in [4.69, 9.17) is 0 Å². The third-order valence-corrected chi connectivity index (χ3v) is 12.0. The average Bonchev–Trinajstić information content (AvgIpc) is 3.02. The van der Waals surface area contributed by atoms with Gasteiger partial charge >= 0.3 is 0 Å². The lowest BCUT2D eigenvalue weighted by Gasteiger charge is -2.47. The number of amides is 3. The standard InChI is InChI=1S/C36H53N5O6S/c1-35(2,3)40-33(44)29-21-25-16-10-11-17-26(25)22-41(29)23-30(42)28(20-24-14-8-7-9-15-24)38-34(45)31(36(4,5)48(6,46)47)39-32(43)27-18-12-13-19-37-27/h7-9,12-15,18-19,25-26,28-31,42H,10-11,16-17,20-23H2,1-6H3,(H,38,45)(H,39,43)(H,40,44)/t25-,26+,28?,29?,30?,31+/m0/s1. The van der Waals surface area contributed by atoms with Gasteiger partial charge < -0.3 is 21.1 Å². The highest BCUT2D eigenvalue weighted by Gasteiger charge is 2.46. The first kappa shape index (κ1) is 37.5. The normalized spacial score (nSPS) is 22.4. The number of benzene rings is 1. The van der Waals surface area contributed by atoms with Crippen LogP contribution in [0.5, 0.6) is 0 Å². The van der Waals surface area contributed by atoms with E-state index in [1.807, 2.05) is 51.1 Å². The first-order chi connectivity index (χ1) is 22.5. The number of aromatic nitrogens is 1. The summed E-state index contributed by atoms with van der Waals surface area (Å²) >= 11 is 0. The Morgan fingerprint density at radius 3 is 2.21 bits per heavy atom. The number of likely N-dealkylation sites (tertiary alicyclic amines) is 1.